The van der Waals surface area contributed by atoms with E-state index in [0.29, 0.717) is 12.2 Å². The van der Waals surface area contributed by atoms with Crippen LogP contribution in [0.25, 0.3) is 0 Å². The molecule has 8 heteroatoms. The van der Waals surface area contributed by atoms with Crippen molar-refractivity contribution in [3.63, 3.8) is 0 Å². The predicted octanol–water partition coefficient (Wildman–Crippen LogP) is 1.77. The molecule has 1 amide bonds. The van der Waals surface area contributed by atoms with E-state index in [4.69, 9.17) is 0 Å². The van der Waals surface area contributed by atoms with E-state index in [-0.39, 0.29) is 12.5 Å². The summed E-state index contributed by atoms with van der Waals surface area (Å²) in [4.78, 5) is 16.0. The molecular weight excluding hydrogens is 429 g/mol. The zero-order chi connectivity index (χ0) is 16.9. The van der Waals surface area contributed by atoms with Crippen LogP contribution in [0.1, 0.15) is 5.56 Å². The van der Waals surface area contributed by atoms with E-state index in [0.717, 1.165) is 19.7 Å². The largest absolute Gasteiger partial charge is 0.350 e. The Bertz CT molecular complexity index is 764. The monoisotopic (exact) mass is 445 g/mol. The van der Waals surface area contributed by atoms with Crippen LogP contribution < -0.4 is 9.62 Å². The Morgan fingerprint density at radius 3 is 2.35 bits per heavy atom. The molecule has 23 heavy (non-hydrogen) atoms. The van der Waals surface area contributed by atoms with Gasteiger partial charge in [-0.2, -0.15) is 0 Å². The topological polar surface area (TPSA) is 79.4 Å². The van der Waals surface area contributed by atoms with Crippen molar-refractivity contribution >= 4 is 44.2 Å². The molecule has 2 rings (SSSR count). The van der Waals surface area contributed by atoms with Crippen molar-refractivity contribution in [2.24, 2.45) is 0 Å². The summed E-state index contributed by atoms with van der Waals surface area (Å²) in [5.74, 6) is -0.370. The van der Waals surface area contributed by atoms with Crippen LogP contribution in [0.3, 0.4) is 0 Å². The maximum absolute atomic E-state index is 12.1. The number of hydrogen-bond acceptors (Lipinski definition) is 4. The molecule has 0 radical (unpaired) electrons. The molecular formula is C15H16IN3O3S. The number of aromatic nitrogens is 1. The van der Waals surface area contributed by atoms with Gasteiger partial charge >= 0.3 is 0 Å². The first kappa shape index (κ1) is 17.7. The van der Waals surface area contributed by atoms with Gasteiger partial charge in [0.25, 0.3) is 0 Å². The molecule has 0 atom stereocenters. The van der Waals surface area contributed by atoms with Crippen LogP contribution in [0.4, 0.5) is 5.69 Å². The number of carbonyl (C=O) groups is 1. The van der Waals surface area contributed by atoms with Crippen molar-refractivity contribution in [2.45, 2.75) is 6.54 Å². The highest BCUT2D eigenvalue weighted by Gasteiger charge is 2.20. The van der Waals surface area contributed by atoms with Gasteiger partial charge in [0.2, 0.25) is 15.9 Å². The number of rotatable bonds is 6. The third-order valence-corrected chi connectivity index (χ3v) is 4.90. The van der Waals surface area contributed by atoms with E-state index >= 15 is 0 Å². The fraction of sp³-hybridized carbons (Fsp3) is 0.200. The fourth-order valence-corrected chi connectivity index (χ4v) is 3.11. The van der Waals surface area contributed by atoms with Crippen LogP contribution in [-0.4, -0.2) is 32.1 Å². The average Bonchev–Trinajstić information content (AvgIpc) is 2.52. The molecule has 2 aromatic rings. The van der Waals surface area contributed by atoms with Gasteiger partial charge in [-0.1, -0.05) is 0 Å². The quantitative estimate of drug-likeness (QED) is 0.688. The minimum atomic E-state index is -3.55. The average molecular weight is 445 g/mol. The predicted molar refractivity (Wildman–Crippen MR) is 97.4 cm³/mol. The van der Waals surface area contributed by atoms with Gasteiger partial charge in [0.1, 0.15) is 6.54 Å². The molecule has 0 saturated heterocycles. The van der Waals surface area contributed by atoms with Crippen molar-refractivity contribution in [1.82, 2.24) is 10.3 Å². The molecule has 0 fully saturated rings. The van der Waals surface area contributed by atoms with E-state index < -0.39 is 10.0 Å². The van der Waals surface area contributed by atoms with Gasteiger partial charge < -0.3 is 5.32 Å². The first-order valence-electron chi connectivity index (χ1n) is 6.75. The summed E-state index contributed by atoms with van der Waals surface area (Å²) in [5.41, 5.74) is 1.36. The van der Waals surface area contributed by atoms with Crippen molar-refractivity contribution in [3.8, 4) is 0 Å². The Morgan fingerprint density at radius 1 is 1.17 bits per heavy atom. The molecule has 0 saturated carbocycles. The maximum atomic E-state index is 12.1. The lowest BCUT2D eigenvalue weighted by Gasteiger charge is -2.22. The Morgan fingerprint density at radius 2 is 1.78 bits per heavy atom. The van der Waals surface area contributed by atoms with Gasteiger partial charge in [-0.05, 0) is 64.6 Å². The van der Waals surface area contributed by atoms with Crippen LogP contribution in [0.5, 0.6) is 0 Å². The van der Waals surface area contributed by atoms with E-state index in [1.165, 1.54) is 0 Å². The number of nitrogens with zero attached hydrogens (tertiary/aromatic N) is 2. The molecule has 1 aromatic heterocycles. The standard InChI is InChI=1S/C15H16IN3O3S/c1-23(21,22)19(14-4-2-13(16)3-5-14)11-15(20)18-10-12-6-8-17-9-7-12/h2-9H,10-11H2,1H3,(H,18,20). The lowest BCUT2D eigenvalue weighted by Crippen LogP contribution is -2.40. The summed E-state index contributed by atoms with van der Waals surface area (Å²) in [6.07, 6.45) is 4.35. The van der Waals surface area contributed by atoms with Crippen LogP contribution in [-0.2, 0) is 21.4 Å². The highest BCUT2D eigenvalue weighted by Crippen LogP contribution is 2.18. The van der Waals surface area contributed by atoms with Gasteiger partial charge in [-0.15, -0.1) is 0 Å². The minimum absolute atomic E-state index is 0.259. The van der Waals surface area contributed by atoms with E-state index in [9.17, 15) is 13.2 Å². The summed E-state index contributed by atoms with van der Waals surface area (Å²) in [6.45, 7) is 0.0656. The molecule has 0 aliphatic heterocycles. The zero-order valence-corrected chi connectivity index (χ0v) is 15.4. The lowest BCUT2D eigenvalue weighted by atomic mass is 10.3. The molecule has 0 aliphatic rings. The fourth-order valence-electron chi connectivity index (χ4n) is 1.89. The second-order valence-electron chi connectivity index (χ2n) is 4.88. The zero-order valence-electron chi connectivity index (χ0n) is 12.4. The highest BCUT2D eigenvalue weighted by atomic mass is 127. The van der Waals surface area contributed by atoms with Crippen LogP contribution in [0.15, 0.2) is 48.8 Å². The molecule has 0 spiro atoms. The third kappa shape index (κ3) is 5.47. The van der Waals surface area contributed by atoms with Gasteiger partial charge in [0.15, 0.2) is 0 Å². The molecule has 1 aromatic carbocycles. The number of amides is 1. The number of pyridine rings is 1. The normalized spacial score (nSPS) is 11.0. The van der Waals surface area contributed by atoms with Crippen LogP contribution in [0.2, 0.25) is 0 Å². The van der Waals surface area contributed by atoms with Gasteiger partial charge in [-0.25, -0.2) is 8.42 Å². The third-order valence-electron chi connectivity index (χ3n) is 3.04. The van der Waals surface area contributed by atoms with Crippen molar-refractivity contribution in [2.75, 3.05) is 17.1 Å². The molecule has 1 N–H and O–H groups in total. The number of carbonyl (C=O) groups excluding carboxylic acids is 1. The Kier molecular flexibility index (Phi) is 5.94. The number of hydrogen-bond donors (Lipinski definition) is 1. The summed E-state index contributed by atoms with van der Waals surface area (Å²) in [6, 6.07) is 10.5. The minimum Gasteiger partial charge on any atom is -0.350 e. The second-order valence-corrected chi connectivity index (χ2v) is 8.03. The molecule has 0 unspecified atom stereocenters. The first-order valence-corrected chi connectivity index (χ1v) is 9.68. The van der Waals surface area contributed by atoms with Crippen molar-refractivity contribution in [1.29, 1.82) is 0 Å². The Labute approximate surface area is 149 Å². The SMILES string of the molecule is CS(=O)(=O)N(CC(=O)NCc1ccncc1)c1ccc(I)cc1. The first-order chi connectivity index (χ1) is 10.9. The summed E-state index contributed by atoms with van der Waals surface area (Å²) < 4.78 is 26.0. The molecule has 6 nitrogen and oxygen atoms in total. The van der Waals surface area contributed by atoms with Crippen LogP contribution >= 0.6 is 22.6 Å². The Hall–Kier alpha value is -1.68. The van der Waals surface area contributed by atoms with Crippen LogP contribution in [0, 0.1) is 3.57 Å². The molecule has 0 bridgehead atoms. The lowest BCUT2D eigenvalue weighted by molar-refractivity contribution is -0.119. The summed E-state index contributed by atoms with van der Waals surface area (Å²) >= 11 is 2.13. The van der Waals surface area contributed by atoms with E-state index in [1.807, 2.05) is 0 Å². The second kappa shape index (κ2) is 7.73. The summed E-state index contributed by atoms with van der Waals surface area (Å²) in [5, 5.41) is 2.71. The number of sulfonamides is 1. The Balaban J connectivity index is 2.06. The molecule has 1 heterocycles. The molecule has 122 valence electrons. The summed E-state index contributed by atoms with van der Waals surface area (Å²) in [7, 11) is -3.55. The smallest absolute Gasteiger partial charge is 0.241 e. The highest BCUT2D eigenvalue weighted by molar-refractivity contribution is 14.1. The van der Waals surface area contributed by atoms with Gasteiger partial charge in [-0.3, -0.25) is 14.1 Å². The van der Waals surface area contributed by atoms with Crippen molar-refractivity contribution in [3.05, 3.63) is 57.9 Å². The number of nitrogens with one attached hydrogen (secondary N) is 1. The molecule has 0 aliphatic carbocycles. The van der Waals surface area contributed by atoms with Gasteiger partial charge in [0.05, 0.1) is 11.9 Å². The van der Waals surface area contributed by atoms with E-state index in [1.54, 1.807) is 48.8 Å². The van der Waals surface area contributed by atoms with Crippen molar-refractivity contribution < 1.29 is 13.2 Å². The number of benzene rings is 1. The van der Waals surface area contributed by atoms with E-state index in [2.05, 4.69) is 32.9 Å². The number of halogens is 1. The number of anilines is 1. The maximum Gasteiger partial charge on any atom is 0.241 e. The van der Waals surface area contributed by atoms with Gasteiger partial charge in [0, 0.05) is 22.5 Å².